The highest BCUT2D eigenvalue weighted by Gasteiger charge is 2.26. The number of carbonyl (C=O) groups is 1. The van der Waals surface area contributed by atoms with Gasteiger partial charge in [-0.15, -0.1) is 11.3 Å². The van der Waals surface area contributed by atoms with Crippen LogP contribution in [-0.4, -0.2) is 10.6 Å². The van der Waals surface area contributed by atoms with Gasteiger partial charge in [0.25, 0.3) is 0 Å². The van der Waals surface area contributed by atoms with Gasteiger partial charge in [0.2, 0.25) is 0 Å². The lowest BCUT2D eigenvalue weighted by Gasteiger charge is -2.14. The summed E-state index contributed by atoms with van der Waals surface area (Å²) in [5.41, 5.74) is 1.90. The molecular formula is C14H12Br2OS. The zero-order chi connectivity index (χ0) is 13.1. The number of benzene rings is 1. The molecule has 0 spiro atoms. The van der Waals surface area contributed by atoms with Gasteiger partial charge >= 0.3 is 0 Å². The predicted octanol–water partition coefficient (Wildman–Crippen LogP) is 5.14. The molecule has 0 bridgehead atoms. The van der Waals surface area contributed by atoms with Gasteiger partial charge in [-0.25, -0.2) is 0 Å². The third-order valence-corrected chi connectivity index (χ3v) is 6.59. The van der Waals surface area contributed by atoms with Crippen molar-refractivity contribution in [3.63, 3.8) is 0 Å². The van der Waals surface area contributed by atoms with Crippen LogP contribution in [0.5, 0.6) is 0 Å². The molecule has 0 aliphatic heterocycles. The Balaban J connectivity index is 2.16. The van der Waals surface area contributed by atoms with Crippen LogP contribution < -0.4 is 0 Å². The minimum Gasteiger partial charge on any atom is -0.293 e. The number of aryl methyl sites for hydroxylation is 1. The van der Waals surface area contributed by atoms with Crippen LogP contribution in [0.2, 0.25) is 0 Å². The first-order valence-electron chi connectivity index (χ1n) is 5.52. The fourth-order valence-corrected chi connectivity index (χ4v) is 3.78. The van der Waals surface area contributed by atoms with Crippen molar-refractivity contribution >= 4 is 49.0 Å². The van der Waals surface area contributed by atoms with E-state index in [1.807, 2.05) is 48.7 Å². The van der Waals surface area contributed by atoms with Crippen molar-refractivity contribution in [3.05, 3.63) is 57.8 Å². The van der Waals surface area contributed by atoms with Gasteiger partial charge in [0, 0.05) is 10.4 Å². The molecule has 2 atom stereocenters. The van der Waals surface area contributed by atoms with Crippen molar-refractivity contribution in [2.24, 2.45) is 0 Å². The topological polar surface area (TPSA) is 17.1 Å². The number of ketones is 1. The van der Waals surface area contributed by atoms with Crippen LogP contribution in [0.4, 0.5) is 0 Å². The molecule has 0 saturated carbocycles. The van der Waals surface area contributed by atoms with Crippen molar-refractivity contribution in [2.45, 2.75) is 16.6 Å². The van der Waals surface area contributed by atoms with Gasteiger partial charge in [0.05, 0.1) is 9.65 Å². The maximum absolute atomic E-state index is 12.3. The molecule has 18 heavy (non-hydrogen) atoms. The Bertz CT molecular complexity index is 519. The molecule has 2 unspecified atom stereocenters. The summed E-state index contributed by atoms with van der Waals surface area (Å²) in [6.07, 6.45) is 0. The number of Topliss-reactive ketones (excluding diaryl/α,β-unsaturated/α-hetero) is 1. The molecule has 0 N–H and O–H groups in total. The van der Waals surface area contributed by atoms with E-state index in [0.717, 1.165) is 16.0 Å². The lowest BCUT2D eigenvalue weighted by Crippen LogP contribution is -2.18. The van der Waals surface area contributed by atoms with E-state index in [-0.39, 0.29) is 15.4 Å². The normalized spacial score (nSPS) is 14.2. The highest BCUT2D eigenvalue weighted by atomic mass is 79.9. The van der Waals surface area contributed by atoms with E-state index in [2.05, 4.69) is 31.9 Å². The molecule has 0 aliphatic rings. The van der Waals surface area contributed by atoms with Crippen LogP contribution in [0, 0.1) is 6.92 Å². The van der Waals surface area contributed by atoms with Crippen LogP contribution in [0.15, 0.2) is 41.8 Å². The van der Waals surface area contributed by atoms with Crippen LogP contribution in [0.25, 0.3) is 0 Å². The average Bonchev–Trinajstić information content (AvgIpc) is 2.91. The van der Waals surface area contributed by atoms with Crippen LogP contribution in [0.1, 0.15) is 25.6 Å². The van der Waals surface area contributed by atoms with Gasteiger partial charge in [-0.1, -0.05) is 67.8 Å². The summed E-state index contributed by atoms with van der Waals surface area (Å²) in [6, 6.07) is 11.7. The minimum absolute atomic E-state index is 0.00584. The molecular weight excluding hydrogens is 376 g/mol. The Morgan fingerprint density at radius 1 is 1.17 bits per heavy atom. The van der Waals surface area contributed by atoms with Crippen molar-refractivity contribution < 1.29 is 4.79 Å². The van der Waals surface area contributed by atoms with Crippen molar-refractivity contribution in [1.82, 2.24) is 0 Å². The SMILES string of the molecule is Cc1ccc(C(=O)C(Br)C(Br)c2cccs2)cc1. The maximum atomic E-state index is 12.3. The first-order chi connectivity index (χ1) is 8.59. The molecule has 0 amide bonds. The van der Waals surface area contributed by atoms with Crippen molar-refractivity contribution in [3.8, 4) is 0 Å². The largest absolute Gasteiger partial charge is 0.293 e. The van der Waals surface area contributed by atoms with Gasteiger partial charge in [0.1, 0.15) is 0 Å². The number of hydrogen-bond acceptors (Lipinski definition) is 2. The molecule has 2 rings (SSSR count). The highest BCUT2D eigenvalue weighted by Crippen LogP contribution is 2.35. The summed E-state index contributed by atoms with van der Waals surface area (Å²) in [6.45, 7) is 2.01. The number of carbonyl (C=O) groups excluding carboxylic acids is 1. The lowest BCUT2D eigenvalue weighted by atomic mass is 10.0. The van der Waals surface area contributed by atoms with Crippen LogP contribution in [-0.2, 0) is 0 Å². The lowest BCUT2D eigenvalue weighted by molar-refractivity contribution is 0.0991. The summed E-state index contributed by atoms with van der Waals surface area (Å²) in [4.78, 5) is 13.2. The average molecular weight is 388 g/mol. The predicted molar refractivity (Wildman–Crippen MR) is 84.2 cm³/mol. The van der Waals surface area contributed by atoms with E-state index in [1.165, 1.54) is 0 Å². The second-order valence-corrected chi connectivity index (χ2v) is 7.00. The van der Waals surface area contributed by atoms with E-state index in [9.17, 15) is 4.79 Å². The molecule has 0 aliphatic carbocycles. The van der Waals surface area contributed by atoms with Crippen molar-refractivity contribution in [1.29, 1.82) is 0 Å². The summed E-state index contributed by atoms with van der Waals surface area (Å²) in [5, 5.41) is 2.01. The highest BCUT2D eigenvalue weighted by molar-refractivity contribution is 9.12. The van der Waals surface area contributed by atoms with Crippen LogP contribution >= 0.6 is 43.2 Å². The second kappa shape index (κ2) is 6.13. The van der Waals surface area contributed by atoms with Gasteiger partial charge in [-0.2, -0.15) is 0 Å². The molecule has 0 fully saturated rings. The molecule has 2 aromatic rings. The summed E-state index contributed by atoms with van der Waals surface area (Å²) in [5.74, 6) is 0.102. The third-order valence-electron chi connectivity index (χ3n) is 2.66. The Labute approximate surface area is 127 Å². The molecule has 0 saturated heterocycles. The fraction of sp³-hybridized carbons (Fsp3) is 0.214. The van der Waals surface area contributed by atoms with Gasteiger partial charge < -0.3 is 0 Å². The Morgan fingerprint density at radius 2 is 1.83 bits per heavy atom. The quantitative estimate of drug-likeness (QED) is 0.524. The first-order valence-corrected chi connectivity index (χ1v) is 8.23. The second-order valence-electron chi connectivity index (χ2n) is 4.05. The molecule has 94 valence electrons. The third kappa shape index (κ3) is 3.11. The first kappa shape index (κ1) is 14.0. The Hall–Kier alpha value is -0.450. The number of hydrogen-bond donors (Lipinski definition) is 0. The monoisotopic (exact) mass is 386 g/mol. The zero-order valence-electron chi connectivity index (χ0n) is 9.77. The summed E-state index contributed by atoms with van der Waals surface area (Å²) < 4.78 is 0. The minimum atomic E-state index is -0.251. The molecule has 4 heteroatoms. The molecule has 1 nitrogen and oxygen atoms in total. The smallest absolute Gasteiger partial charge is 0.177 e. The van der Waals surface area contributed by atoms with Gasteiger partial charge in [-0.3, -0.25) is 4.79 Å². The van der Waals surface area contributed by atoms with Crippen LogP contribution in [0.3, 0.4) is 0 Å². The van der Waals surface area contributed by atoms with E-state index < -0.39 is 0 Å². The fourth-order valence-electron chi connectivity index (χ4n) is 1.60. The zero-order valence-corrected chi connectivity index (χ0v) is 13.8. The number of thiophene rings is 1. The molecule has 1 aromatic heterocycles. The summed E-state index contributed by atoms with van der Waals surface area (Å²) in [7, 11) is 0. The number of halogens is 2. The van der Waals surface area contributed by atoms with Gasteiger partial charge in [0.15, 0.2) is 5.78 Å². The number of alkyl halides is 2. The Kier molecular flexibility index (Phi) is 4.76. The summed E-state index contributed by atoms with van der Waals surface area (Å²) >= 11 is 8.73. The molecule has 1 heterocycles. The number of rotatable bonds is 4. The molecule has 0 radical (unpaired) electrons. The van der Waals surface area contributed by atoms with E-state index >= 15 is 0 Å². The van der Waals surface area contributed by atoms with E-state index in [4.69, 9.17) is 0 Å². The Morgan fingerprint density at radius 3 is 2.39 bits per heavy atom. The van der Waals surface area contributed by atoms with E-state index in [1.54, 1.807) is 11.3 Å². The van der Waals surface area contributed by atoms with E-state index in [0.29, 0.717) is 0 Å². The van der Waals surface area contributed by atoms with Crippen molar-refractivity contribution in [2.75, 3.05) is 0 Å². The van der Waals surface area contributed by atoms with Gasteiger partial charge in [-0.05, 0) is 18.4 Å². The maximum Gasteiger partial charge on any atom is 0.177 e. The standard InChI is InChI=1S/C14H12Br2OS/c1-9-4-6-10(7-5-9)14(17)13(16)12(15)11-3-2-8-18-11/h2-8,12-13H,1H3. The molecule has 1 aromatic carbocycles.